The molecule has 2 heterocycles. The van der Waals surface area contributed by atoms with Crippen LogP contribution >= 0.6 is 0 Å². The van der Waals surface area contributed by atoms with Crippen LogP contribution in [-0.4, -0.2) is 54.3 Å². The Bertz CT molecular complexity index is 1210. The lowest BCUT2D eigenvalue weighted by Gasteiger charge is -2.50. The molecule has 3 aromatic rings. The first-order valence-corrected chi connectivity index (χ1v) is 11.1. The van der Waals surface area contributed by atoms with E-state index in [0.29, 0.717) is 17.1 Å². The van der Waals surface area contributed by atoms with E-state index >= 15 is 4.39 Å². The van der Waals surface area contributed by atoms with Crippen molar-refractivity contribution in [3.8, 4) is 28.9 Å². The van der Waals surface area contributed by atoms with Gasteiger partial charge in [0.1, 0.15) is 24.3 Å². The number of aromatic hydroxyl groups is 1. The highest BCUT2D eigenvalue weighted by atomic mass is 19.1. The molecule has 10 heteroatoms. The molecule has 2 aromatic heterocycles. The Kier molecular flexibility index (Phi) is 5.19. The molecule has 1 aromatic carbocycles. The Morgan fingerprint density at radius 2 is 2.12 bits per heavy atom. The molecular formula is C23H25FN8O. The Morgan fingerprint density at radius 1 is 1.27 bits per heavy atom. The van der Waals surface area contributed by atoms with Crippen LogP contribution in [-0.2, 0) is 0 Å². The standard InChI is InChI=1S/C23H25FN8O/c1-23-7-3-4-14(9-23)21(24)17(10-23)31(2)20-12-26-22(29-28-20)16-6-5-15(8-18(16)33)32-13-27-19(11-25)30-32/h5-6,8,12-14,17,21,33H,3-4,7,9-10H2,1-2H3/t14-,17-,21+,23+/m0/s1. The zero-order valence-electron chi connectivity index (χ0n) is 18.6. The van der Waals surface area contributed by atoms with Gasteiger partial charge in [0.15, 0.2) is 11.6 Å². The lowest BCUT2D eigenvalue weighted by atomic mass is 9.60. The van der Waals surface area contributed by atoms with E-state index in [1.54, 1.807) is 18.3 Å². The maximum absolute atomic E-state index is 15.3. The Morgan fingerprint density at radius 3 is 2.82 bits per heavy atom. The van der Waals surface area contributed by atoms with Gasteiger partial charge in [-0.1, -0.05) is 13.3 Å². The Labute approximate surface area is 190 Å². The van der Waals surface area contributed by atoms with Crippen LogP contribution in [0.15, 0.2) is 30.7 Å². The molecule has 2 fully saturated rings. The van der Waals surface area contributed by atoms with Crippen molar-refractivity contribution in [1.29, 1.82) is 5.26 Å². The van der Waals surface area contributed by atoms with Crippen LogP contribution in [0.25, 0.3) is 17.1 Å². The fourth-order valence-corrected chi connectivity index (χ4v) is 5.38. The number of benzene rings is 1. The van der Waals surface area contributed by atoms with Gasteiger partial charge in [-0.25, -0.2) is 19.0 Å². The van der Waals surface area contributed by atoms with Gasteiger partial charge < -0.3 is 10.0 Å². The number of nitriles is 1. The van der Waals surface area contributed by atoms with Crippen LogP contribution in [0.4, 0.5) is 10.2 Å². The molecule has 1 N–H and O–H groups in total. The fraction of sp³-hybridized carbons (Fsp3) is 0.478. The van der Waals surface area contributed by atoms with Gasteiger partial charge in [0, 0.05) is 13.1 Å². The number of hydrogen-bond donors (Lipinski definition) is 1. The summed E-state index contributed by atoms with van der Waals surface area (Å²) in [5, 5.41) is 31.9. The van der Waals surface area contributed by atoms with Gasteiger partial charge in [0.05, 0.1) is 23.5 Å². The molecule has 0 spiro atoms. The number of nitrogens with zero attached hydrogens (tertiary/aromatic N) is 8. The second kappa shape index (κ2) is 8.06. The minimum absolute atomic E-state index is 0.0388. The number of aromatic nitrogens is 6. The first-order valence-electron chi connectivity index (χ1n) is 11.1. The van der Waals surface area contributed by atoms with Crippen LogP contribution in [0.5, 0.6) is 5.75 Å². The first-order chi connectivity index (χ1) is 15.9. The summed E-state index contributed by atoms with van der Waals surface area (Å²) in [5.41, 5.74) is 1.13. The number of halogens is 1. The third-order valence-corrected chi connectivity index (χ3v) is 7.12. The van der Waals surface area contributed by atoms with E-state index in [1.165, 1.54) is 17.1 Å². The van der Waals surface area contributed by atoms with Gasteiger partial charge in [-0.05, 0) is 49.1 Å². The molecule has 2 saturated carbocycles. The fourth-order valence-electron chi connectivity index (χ4n) is 5.38. The molecule has 170 valence electrons. The van der Waals surface area contributed by atoms with E-state index in [9.17, 15) is 5.11 Å². The smallest absolute Gasteiger partial charge is 0.252 e. The molecule has 0 radical (unpaired) electrons. The van der Waals surface area contributed by atoms with Gasteiger partial charge in [0.25, 0.3) is 5.82 Å². The Hall–Kier alpha value is -3.61. The predicted molar refractivity (Wildman–Crippen MR) is 118 cm³/mol. The van der Waals surface area contributed by atoms with E-state index in [0.717, 1.165) is 32.1 Å². The minimum Gasteiger partial charge on any atom is -0.507 e. The minimum atomic E-state index is -0.889. The molecule has 0 unspecified atom stereocenters. The average molecular weight is 449 g/mol. The Balaban J connectivity index is 1.36. The SMILES string of the molecule is CN(c1cnc(-c2ccc(-n3cnc(C#N)n3)cc2O)nn1)[C@H]1C[C@]2(C)CCC[C@@H](C2)[C@H]1F. The molecule has 0 saturated heterocycles. The van der Waals surface area contributed by atoms with Crippen molar-refractivity contribution in [1.82, 2.24) is 29.9 Å². The predicted octanol–water partition coefficient (Wildman–Crippen LogP) is 3.44. The van der Waals surface area contributed by atoms with Crippen molar-refractivity contribution in [2.45, 2.75) is 51.2 Å². The van der Waals surface area contributed by atoms with Crippen LogP contribution in [0.2, 0.25) is 0 Å². The molecule has 9 nitrogen and oxygen atoms in total. The summed E-state index contributed by atoms with van der Waals surface area (Å²) in [6, 6.07) is 6.47. The van der Waals surface area contributed by atoms with Crippen molar-refractivity contribution in [3.63, 3.8) is 0 Å². The second-order valence-corrected chi connectivity index (χ2v) is 9.46. The highest BCUT2D eigenvalue weighted by Gasteiger charge is 2.47. The number of rotatable bonds is 4. The summed E-state index contributed by atoms with van der Waals surface area (Å²) in [6.07, 6.45) is 7.04. The molecule has 33 heavy (non-hydrogen) atoms. The summed E-state index contributed by atoms with van der Waals surface area (Å²) in [4.78, 5) is 10.1. The van der Waals surface area contributed by atoms with Crippen molar-refractivity contribution in [2.24, 2.45) is 11.3 Å². The van der Waals surface area contributed by atoms with Crippen molar-refractivity contribution >= 4 is 5.82 Å². The van der Waals surface area contributed by atoms with E-state index in [-0.39, 0.29) is 34.8 Å². The van der Waals surface area contributed by atoms with Crippen molar-refractivity contribution in [3.05, 3.63) is 36.5 Å². The summed E-state index contributed by atoms with van der Waals surface area (Å²) in [7, 11) is 1.85. The highest BCUT2D eigenvalue weighted by Crippen LogP contribution is 2.50. The second-order valence-electron chi connectivity index (χ2n) is 9.46. The third kappa shape index (κ3) is 3.88. The zero-order valence-corrected chi connectivity index (χ0v) is 18.6. The van der Waals surface area contributed by atoms with Gasteiger partial charge in [-0.15, -0.1) is 15.3 Å². The molecule has 2 bridgehead atoms. The van der Waals surface area contributed by atoms with Crippen LogP contribution in [0.1, 0.15) is 44.9 Å². The van der Waals surface area contributed by atoms with E-state index in [4.69, 9.17) is 5.26 Å². The summed E-state index contributed by atoms with van der Waals surface area (Å²) in [5.74, 6) is 0.863. The molecule has 2 aliphatic rings. The molecule has 2 aliphatic carbocycles. The third-order valence-electron chi connectivity index (χ3n) is 7.12. The zero-order chi connectivity index (χ0) is 23.2. The number of phenolic OH excluding ortho intramolecular Hbond substituents is 1. The maximum atomic E-state index is 15.3. The van der Waals surface area contributed by atoms with Crippen LogP contribution in [0.3, 0.4) is 0 Å². The van der Waals surface area contributed by atoms with E-state index in [1.807, 2.05) is 18.0 Å². The average Bonchev–Trinajstić information content (AvgIpc) is 3.31. The van der Waals surface area contributed by atoms with Gasteiger partial charge >= 0.3 is 0 Å². The summed E-state index contributed by atoms with van der Waals surface area (Å²) in [6.45, 7) is 2.27. The number of hydrogen-bond acceptors (Lipinski definition) is 8. The van der Waals surface area contributed by atoms with Gasteiger partial charge in [0.2, 0.25) is 0 Å². The summed E-state index contributed by atoms with van der Waals surface area (Å²) >= 11 is 0. The van der Waals surface area contributed by atoms with Gasteiger partial charge in [-0.3, -0.25) is 0 Å². The molecule has 4 atom stereocenters. The first kappa shape index (κ1) is 21.2. The topological polar surface area (TPSA) is 117 Å². The normalized spacial score (nSPS) is 26.5. The highest BCUT2D eigenvalue weighted by molar-refractivity contribution is 5.66. The lowest BCUT2D eigenvalue weighted by molar-refractivity contribution is 0.0113. The van der Waals surface area contributed by atoms with Crippen molar-refractivity contribution in [2.75, 3.05) is 11.9 Å². The van der Waals surface area contributed by atoms with E-state index < -0.39 is 6.17 Å². The number of alkyl halides is 1. The van der Waals surface area contributed by atoms with Crippen LogP contribution < -0.4 is 4.90 Å². The molecule has 0 aliphatic heterocycles. The number of fused-ring (bicyclic) bond motifs is 2. The maximum Gasteiger partial charge on any atom is 0.252 e. The number of phenols is 1. The molecule has 0 amide bonds. The monoisotopic (exact) mass is 448 g/mol. The van der Waals surface area contributed by atoms with Crippen LogP contribution in [0, 0.1) is 22.7 Å². The van der Waals surface area contributed by atoms with E-state index in [2.05, 4.69) is 32.2 Å². The lowest BCUT2D eigenvalue weighted by Crippen LogP contribution is -2.52. The van der Waals surface area contributed by atoms with Crippen molar-refractivity contribution < 1.29 is 9.50 Å². The summed E-state index contributed by atoms with van der Waals surface area (Å²) < 4.78 is 16.6. The molecule has 5 rings (SSSR count). The quantitative estimate of drug-likeness (QED) is 0.645. The van der Waals surface area contributed by atoms with Gasteiger partial charge in [-0.2, -0.15) is 5.26 Å². The number of anilines is 1. The molecular weight excluding hydrogens is 423 g/mol. The largest absolute Gasteiger partial charge is 0.507 e.